The molecule has 0 atom stereocenters. The van der Waals surface area contributed by atoms with E-state index < -0.39 is 5.97 Å². The zero-order chi connectivity index (χ0) is 14.5. The van der Waals surface area contributed by atoms with Crippen LogP contribution in [0.15, 0.2) is 18.3 Å². The maximum atomic E-state index is 10.9. The van der Waals surface area contributed by atoms with Crippen LogP contribution in [-0.2, 0) is 6.54 Å². The molecule has 0 amide bonds. The fourth-order valence-corrected chi connectivity index (χ4v) is 2.75. The Morgan fingerprint density at radius 2 is 2.20 bits per heavy atom. The van der Waals surface area contributed by atoms with Gasteiger partial charge in [-0.25, -0.2) is 9.78 Å². The number of likely N-dealkylation sites (tertiary alicyclic amines) is 1. The highest BCUT2D eigenvalue weighted by atomic mass is 16.4. The maximum Gasteiger partial charge on any atom is 0.354 e. The van der Waals surface area contributed by atoms with Gasteiger partial charge in [-0.05, 0) is 63.6 Å². The fourth-order valence-electron chi connectivity index (χ4n) is 2.75. The molecule has 2 rings (SSSR count). The van der Waals surface area contributed by atoms with Crippen LogP contribution in [0.4, 0.5) is 0 Å². The Hall–Kier alpha value is -1.46. The highest BCUT2D eigenvalue weighted by molar-refractivity contribution is 5.85. The Kier molecular flexibility index (Phi) is 5.09. The molecule has 0 aliphatic carbocycles. The molecule has 2 heterocycles. The predicted molar refractivity (Wildman–Crippen MR) is 77.8 cm³/mol. The van der Waals surface area contributed by atoms with E-state index in [-0.39, 0.29) is 5.69 Å². The molecule has 5 heteroatoms. The van der Waals surface area contributed by atoms with Crippen LogP contribution >= 0.6 is 0 Å². The number of carboxylic acids is 1. The van der Waals surface area contributed by atoms with Gasteiger partial charge < -0.3 is 14.9 Å². The van der Waals surface area contributed by atoms with E-state index in [2.05, 4.69) is 28.9 Å². The maximum absolute atomic E-state index is 10.9. The second kappa shape index (κ2) is 6.81. The molecule has 1 fully saturated rings. The van der Waals surface area contributed by atoms with Gasteiger partial charge in [-0.15, -0.1) is 0 Å². The van der Waals surface area contributed by atoms with Crippen molar-refractivity contribution in [2.24, 2.45) is 5.92 Å². The van der Waals surface area contributed by atoms with Crippen molar-refractivity contribution >= 4 is 5.97 Å². The number of rotatable bonds is 5. The Morgan fingerprint density at radius 1 is 1.50 bits per heavy atom. The zero-order valence-electron chi connectivity index (χ0n) is 12.2. The molecule has 1 saturated heterocycles. The van der Waals surface area contributed by atoms with E-state index >= 15 is 0 Å². The quantitative estimate of drug-likeness (QED) is 0.885. The number of hydrogen-bond acceptors (Lipinski definition) is 4. The van der Waals surface area contributed by atoms with E-state index in [1.165, 1.54) is 25.9 Å². The first-order valence-corrected chi connectivity index (χ1v) is 7.10. The van der Waals surface area contributed by atoms with Crippen molar-refractivity contribution in [2.75, 3.05) is 33.7 Å². The summed E-state index contributed by atoms with van der Waals surface area (Å²) in [6, 6.07) is 3.55. The van der Waals surface area contributed by atoms with Crippen molar-refractivity contribution in [3.63, 3.8) is 0 Å². The number of nitrogens with zero attached hydrogens (tertiary/aromatic N) is 3. The highest BCUT2D eigenvalue weighted by Gasteiger charge is 2.18. The fraction of sp³-hybridized carbons (Fsp3) is 0.600. The van der Waals surface area contributed by atoms with Crippen molar-refractivity contribution in [1.29, 1.82) is 0 Å². The van der Waals surface area contributed by atoms with Crippen LogP contribution in [0, 0.1) is 5.92 Å². The lowest BCUT2D eigenvalue weighted by molar-refractivity contribution is 0.0690. The van der Waals surface area contributed by atoms with Gasteiger partial charge in [0.2, 0.25) is 0 Å². The number of carbonyl (C=O) groups is 1. The number of carboxylic acid groups (broad SMARTS) is 1. The summed E-state index contributed by atoms with van der Waals surface area (Å²) in [5, 5.41) is 8.95. The minimum Gasteiger partial charge on any atom is -0.477 e. The summed E-state index contributed by atoms with van der Waals surface area (Å²) in [5.74, 6) is -0.221. The van der Waals surface area contributed by atoms with Gasteiger partial charge in [-0.2, -0.15) is 0 Å². The SMILES string of the molecule is CN1CCC(CN(C)Cc2ccnc(C(=O)O)c2)CC1. The average Bonchev–Trinajstić information content (AvgIpc) is 2.41. The molecular weight excluding hydrogens is 254 g/mol. The third-order valence-electron chi connectivity index (χ3n) is 3.90. The second-order valence-corrected chi connectivity index (χ2v) is 5.80. The van der Waals surface area contributed by atoms with Gasteiger partial charge >= 0.3 is 5.97 Å². The van der Waals surface area contributed by atoms with Crippen molar-refractivity contribution < 1.29 is 9.90 Å². The molecular formula is C15H23N3O2. The lowest BCUT2D eigenvalue weighted by atomic mass is 9.96. The van der Waals surface area contributed by atoms with Gasteiger partial charge in [0.15, 0.2) is 0 Å². The molecule has 1 aliphatic heterocycles. The van der Waals surface area contributed by atoms with Crippen molar-refractivity contribution in [2.45, 2.75) is 19.4 Å². The molecule has 110 valence electrons. The highest BCUT2D eigenvalue weighted by Crippen LogP contribution is 2.17. The summed E-state index contributed by atoms with van der Waals surface area (Å²) in [5.41, 5.74) is 1.13. The van der Waals surface area contributed by atoms with Gasteiger partial charge in [0.1, 0.15) is 5.69 Å². The van der Waals surface area contributed by atoms with Gasteiger partial charge in [-0.3, -0.25) is 0 Å². The van der Waals surface area contributed by atoms with E-state index in [4.69, 9.17) is 5.11 Å². The van der Waals surface area contributed by atoms with E-state index in [9.17, 15) is 4.79 Å². The Bertz CT molecular complexity index is 456. The van der Waals surface area contributed by atoms with Gasteiger partial charge in [0.05, 0.1) is 0 Å². The van der Waals surface area contributed by atoms with E-state index in [0.717, 1.165) is 24.6 Å². The normalized spacial score (nSPS) is 17.6. The van der Waals surface area contributed by atoms with E-state index in [0.29, 0.717) is 0 Å². The molecule has 0 saturated carbocycles. The van der Waals surface area contributed by atoms with Crippen LogP contribution < -0.4 is 0 Å². The predicted octanol–water partition coefficient (Wildman–Crippen LogP) is 1.55. The summed E-state index contributed by atoms with van der Waals surface area (Å²) >= 11 is 0. The average molecular weight is 277 g/mol. The summed E-state index contributed by atoms with van der Waals surface area (Å²) in [6.45, 7) is 4.20. The lowest BCUT2D eigenvalue weighted by Crippen LogP contribution is -2.35. The minimum absolute atomic E-state index is 0.121. The summed E-state index contributed by atoms with van der Waals surface area (Å²) in [6.07, 6.45) is 4.07. The molecule has 0 bridgehead atoms. The van der Waals surface area contributed by atoms with Crippen molar-refractivity contribution in [1.82, 2.24) is 14.8 Å². The van der Waals surface area contributed by atoms with Crippen LogP contribution in [0.2, 0.25) is 0 Å². The molecule has 0 aromatic carbocycles. The molecule has 1 aromatic heterocycles. The summed E-state index contributed by atoms with van der Waals surface area (Å²) < 4.78 is 0. The third kappa shape index (κ3) is 4.28. The third-order valence-corrected chi connectivity index (χ3v) is 3.90. The molecule has 0 unspecified atom stereocenters. The summed E-state index contributed by atoms with van der Waals surface area (Å²) in [4.78, 5) is 19.4. The van der Waals surface area contributed by atoms with E-state index in [1.54, 1.807) is 12.3 Å². The van der Waals surface area contributed by atoms with E-state index in [1.807, 2.05) is 6.07 Å². The zero-order valence-corrected chi connectivity index (χ0v) is 12.2. The van der Waals surface area contributed by atoms with Crippen molar-refractivity contribution in [3.05, 3.63) is 29.6 Å². The first-order chi connectivity index (χ1) is 9.54. The van der Waals surface area contributed by atoms with Gasteiger partial charge in [0, 0.05) is 19.3 Å². The van der Waals surface area contributed by atoms with Crippen LogP contribution in [0.25, 0.3) is 0 Å². The number of piperidine rings is 1. The standard InChI is InChI=1S/C15H23N3O2/c1-17-7-4-12(5-8-17)10-18(2)11-13-3-6-16-14(9-13)15(19)20/h3,6,9,12H,4-5,7-8,10-11H2,1-2H3,(H,19,20). The molecule has 0 spiro atoms. The molecule has 1 N–H and O–H groups in total. The number of aromatic nitrogens is 1. The Labute approximate surface area is 120 Å². The first-order valence-electron chi connectivity index (χ1n) is 7.10. The molecule has 1 aromatic rings. The minimum atomic E-state index is -0.968. The summed E-state index contributed by atoms with van der Waals surface area (Å²) in [7, 11) is 4.27. The second-order valence-electron chi connectivity index (χ2n) is 5.80. The lowest BCUT2D eigenvalue weighted by Gasteiger charge is -2.31. The molecule has 20 heavy (non-hydrogen) atoms. The molecule has 5 nitrogen and oxygen atoms in total. The molecule has 0 radical (unpaired) electrons. The van der Waals surface area contributed by atoms with Gasteiger partial charge in [-0.1, -0.05) is 0 Å². The van der Waals surface area contributed by atoms with Crippen molar-refractivity contribution in [3.8, 4) is 0 Å². The van der Waals surface area contributed by atoms with Crippen LogP contribution in [0.1, 0.15) is 28.9 Å². The largest absolute Gasteiger partial charge is 0.477 e. The number of aromatic carboxylic acids is 1. The van der Waals surface area contributed by atoms with Gasteiger partial charge in [0.25, 0.3) is 0 Å². The molecule has 1 aliphatic rings. The Balaban J connectivity index is 1.86. The monoisotopic (exact) mass is 277 g/mol. The van der Waals surface area contributed by atoms with Crippen LogP contribution in [-0.4, -0.2) is 59.6 Å². The topological polar surface area (TPSA) is 56.7 Å². The van der Waals surface area contributed by atoms with Crippen LogP contribution in [0.3, 0.4) is 0 Å². The smallest absolute Gasteiger partial charge is 0.354 e. The Morgan fingerprint density at radius 3 is 2.85 bits per heavy atom. The van der Waals surface area contributed by atoms with Crippen LogP contribution in [0.5, 0.6) is 0 Å². The first kappa shape index (κ1) is 14.9. The number of pyridine rings is 1. The number of hydrogen-bond donors (Lipinski definition) is 1.